The molecule has 0 atom stereocenters. The number of benzene rings is 3. The van der Waals surface area contributed by atoms with E-state index in [4.69, 9.17) is 0 Å². The van der Waals surface area contributed by atoms with Gasteiger partial charge in [0.1, 0.15) is 11.2 Å². The summed E-state index contributed by atoms with van der Waals surface area (Å²) in [5.74, 6) is 0. The van der Waals surface area contributed by atoms with Gasteiger partial charge in [0.05, 0.1) is 22.0 Å². The number of nitrogens with one attached hydrogen (secondary N) is 2. The summed E-state index contributed by atoms with van der Waals surface area (Å²) in [5, 5.41) is 2.70. The summed E-state index contributed by atoms with van der Waals surface area (Å²) in [4.78, 5) is 1.48. The van der Waals surface area contributed by atoms with Crippen molar-refractivity contribution in [3.8, 4) is 0 Å². The molecule has 0 bridgehead atoms. The molecule has 1 heterocycles. The van der Waals surface area contributed by atoms with Gasteiger partial charge in [-0.05, 0) is 42.5 Å². The lowest BCUT2D eigenvalue weighted by atomic mass is 10.2. The van der Waals surface area contributed by atoms with Gasteiger partial charge in [0.2, 0.25) is 0 Å². The van der Waals surface area contributed by atoms with Gasteiger partial charge in [0.15, 0.2) is 0 Å². The van der Waals surface area contributed by atoms with E-state index in [1.807, 2.05) is 48.3 Å². The molecule has 0 saturated heterocycles. The van der Waals surface area contributed by atoms with Crippen LogP contribution < -0.4 is 14.9 Å². The fraction of sp³-hybridized carbons (Fsp3) is 0.0500. The minimum atomic E-state index is -4.06. The van der Waals surface area contributed by atoms with E-state index in [0.29, 0.717) is 11.4 Å². The summed E-state index contributed by atoms with van der Waals surface area (Å²) in [5.41, 5.74) is 2.16. The molecule has 0 fully saturated rings. The number of hydrogen-bond acceptors (Lipinski definition) is 6. The minimum Gasteiger partial charge on any atom is -0.345 e. The average Bonchev–Trinajstić information content (AvgIpc) is 2.74. The van der Waals surface area contributed by atoms with E-state index < -0.39 is 20.0 Å². The maximum atomic E-state index is 13.0. The zero-order valence-electron chi connectivity index (χ0n) is 15.8. The van der Waals surface area contributed by atoms with Crippen molar-refractivity contribution in [3.63, 3.8) is 0 Å². The Hall–Kier alpha value is -3.37. The van der Waals surface area contributed by atoms with Crippen LogP contribution in [0.25, 0.3) is 0 Å². The Morgan fingerprint density at radius 1 is 0.967 bits per heavy atom. The highest BCUT2D eigenvalue weighted by Gasteiger charge is 2.25. The maximum Gasteiger partial charge on any atom is 0.285 e. The van der Waals surface area contributed by atoms with Crippen molar-refractivity contribution in [2.45, 2.75) is 9.79 Å². The van der Waals surface area contributed by atoms with Crippen LogP contribution in [0.2, 0.25) is 0 Å². The quantitative estimate of drug-likeness (QED) is 0.627. The molecule has 3 aromatic carbocycles. The zero-order chi connectivity index (χ0) is 21.4. The molecule has 154 valence electrons. The second kappa shape index (κ2) is 7.47. The molecule has 0 saturated carbocycles. The minimum absolute atomic E-state index is 0.180. The number of sulfonamides is 2. The number of para-hydroxylation sites is 3. The van der Waals surface area contributed by atoms with Crippen LogP contribution in [0.4, 0.5) is 22.7 Å². The second-order valence-corrected chi connectivity index (χ2v) is 9.81. The van der Waals surface area contributed by atoms with E-state index in [1.54, 1.807) is 18.2 Å². The number of anilines is 4. The molecule has 1 aliphatic heterocycles. The smallest absolute Gasteiger partial charge is 0.285 e. The molecule has 10 heteroatoms. The maximum absolute atomic E-state index is 13.0. The highest BCUT2D eigenvalue weighted by Crippen LogP contribution is 2.33. The topological polar surface area (TPSA) is 108 Å². The summed E-state index contributed by atoms with van der Waals surface area (Å²) in [6, 6.07) is 20.3. The first-order valence-electron chi connectivity index (χ1n) is 8.88. The molecule has 0 amide bonds. The summed E-state index contributed by atoms with van der Waals surface area (Å²) in [6.07, 6.45) is 1.06. The molecule has 2 N–H and O–H groups in total. The summed E-state index contributed by atoms with van der Waals surface area (Å²) in [6.45, 7) is 0. The molecular weight excluding hydrogens is 424 g/mol. The predicted molar refractivity (Wildman–Crippen MR) is 117 cm³/mol. The lowest BCUT2D eigenvalue weighted by Crippen LogP contribution is -2.18. The van der Waals surface area contributed by atoms with Crippen LogP contribution in [0.1, 0.15) is 0 Å². The first-order chi connectivity index (χ1) is 14.3. The fourth-order valence-electron chi connectivity index (χ4n) is 3.07. The summed E-state index contributed by atoms with van der Waals surface area (Å²) in [7, 11) is -6.17. The molecule has 8 nitrogen and oxygen atoms in total. The van der Waals surface area contributed by atoms with Gasteiger partial charge in [0, 0.05) is 12.7 Å². The number of fused-ring (bicyclic) bond motifs is 1. The number of nitrogens with zero attached hydrogens (tertiary/aromatic N) is 2. The van der Waals surface area contributed by atoms with E-state index >= 15 is 0 Å². The van der Waals surface area contributed by atoms with Gasteiger partial charge in [-0.3, -0.25) is 4.72 Å². The van der Waals surface area contributed by atoms with Crippen LogP contribution in [0.5, 0.6) is 0 Å². The molecule has 1 aliphatic rings. The predicted octanol–water partition coefficient (Wildman–Crippen LogP) is 3.40. The van der Waals surface area contributed by atoms with Gasteiger partial charge >= 0.3 is 0 Å². The van der Waals surface area contributed by atoms with Crippen molar-refractivity contribution in [2.24, 2.45) is 4.40 Å². The second-order valence-electron chi connectivity index (χ2n) is 6.53. The van der Waals surface area contributed by atoms with Gasteiger partial charge in [-0.15, -0.1) is 4.40 Å². The van der Waals surface area contributed by atoms with Crippen LogP contribution in [-0.2, 0) is 20.0 Å². The van der Waals surface area contributed by atoms with E-state index in [9.17, 15) is 16.8 Å². The van der Waals surface area contributed by atoms with E-state index in [2.05, 4.69) is 14.4 Å². The SMILES string of the molecule is CN(c1ccccc1)c1ccccc1NS(=O)(=O)c1ccc2c(c1)S(=O)(=O)N=CN2. The average molecular weight is 443 g/mol. The Labute approximate surface area is 175 Å². The molecule has 0 aliphatic carbocycles. The molecule has 0 aromatic heterocycles. The highest BCUT2D eigenvalue weighted by molar-refractivity contribution is 7.93. The normalized spacial score (nSPS) is 14.4. The van der Waals surface area contributed by atoms with E-state index in [1.165, 1.54) is 12.1 Å². The monoisotopic (exact) mass is 442 g/mol. The fourth-order valence-corrected chi connectivity index (χ4v) is 5.23. The summed E-state index contributed by atoms with van der Waals surface area (Å²) >= 11 is 0. The van der Waals surface area contributed by atoms with Gasteiger partial charge in [-0.2, -0.15) is 8.42 Å². The standard InChI is InChI=1S/C20H18N4O4S2/c1-24(15-7-3-2-4-8-15)19-10-6-5-9-17(19)23-29(25,26)16-11-12-18-20(13-16)30(27,28)22-14-21-18/h2-14,23H,1H3,(H,21,22). The largest absolute Gasteiger partial charge is 0.345 e. The van der Waals surface area contributed by atoms with Crippen molar-refractivity contribution >= 4 is 49.1 Å². The van der Waals surface area contributed by atoms with Crippen molar-refractivity contribution < 1.29 is 16.8 Å². The molecule has 4 rings (SSSR count). The van der Waals surface area contributed by atoms with E-state index in [0.717, 1.165) is 18.1 Å². The van der Waals surface area contributed by atoms with Crippen LogP contribution in [0.15, 0.2) is 87.0 Å². The van der Waals surface area contributed by atoms with Crippen molar-refractivity contribution in [1.82, 2.24) is 0 Å². The lowest BCUT2D eigenvalue weighted by Gasteiger charge is -2.23. The van der Waals surface area contributed by atoms with E-state index in [-0.39, 0.29) is 15.5 Å². The molecular formula is C20H18N4O4S2. The molecule has 0 radical (unpaired) electrons. The van der Waals surface area contributed by atoms with Gasteiger partial charge in [-0.1, -0.05) is 30.3 Å². The number of hydrogen-bond donors (Lipinski definition) is 2. The van der Waals surface area contributed by atoms with Crippen molar-refractivity contribution in [2.75, 3.05) is 22.0 Å². The lowest BCUT2D eigenvalue weighted by molar-refractivity contribution is 0.597. The van der Waals surface area contributed by atoms with Crippen LogP contribution >= 0.6 is 0 Å². The Morgan fingerprint density at radius 2 is 1.67 bits per heavy atom. The van der Waals surface area contributed by atoms with Crippen molar-refractivity contribution in [3.05, 3.63) is 72.8 Å². The molecule has 3 aromatic rings. The third-order valence-electron chi connectivity index (χ3n) is 4.61. The summed E-state index contributed by atoms with van der Waals surface area (Å²) < 4.78 is 56.3. The Morgan fingerprint density at radius 3 is 2.43 bits per heavy atom. The van der Waals surface area contributed by atoms with Crippen molar-refractivity contribution in [1.29, 1.82) is 0 Å². The van der Waals surface area contributed by atoms with Crippen LogP contribution in [0.3, 0.4) is 0 Å². The van der Waals surface area contributed by atoms with Gasteiger partial charge < -0.3 is 10.2 Å². The highest BCUT2D eigenvalue weighted by atomic mass is 32.2. The molecule has 0 unspecified atom stereocenters. The first-order valence-corrected chi connectivity index (χ1v) is 11.8. The molecule has 30 heavy (non-hydrogen) atoms. The van der Waals surface area contributed by atoms with Gasteiger partial charge in [-0.25, -0.2) is 8.42 Å². The third kappa shape index (κ3) is 3.74. The van der Waals surface area contributed by atoms with Crippen LogP contribution in [-0.4, -0.2) is 30.2 Å². The number of rotatable bonds is 5. The zero-order valence-corrected chi connectivity index (χ0v) is 17.5. The Balaban J connectivity index is 1.71. The Kier molecular flexibility index (Phi) is 4.96. The Bertz CT molecular complexity index is 1340. The molecule has 0 spiro atoms. The van der Waals surface area contributed by atoms with Crippen LogP contribution in [0, 0.1) is 0 Å². The third-order valence-corrected chi connectivity index (χ3v) is 7.25. The van der Waals surface area contributed by atoms with Gasteiger partial charge in [0.25, 0.3) is 20.0 Å². The first kappa shape index (κ1) is 19.9.